The van der Waals surface area contributed by atoms with Crippen molar-refractivity contribution < 1.29 is 75.4 Å². The van der Waals surface area contributed by atoms with Gasteiger partial charge in [-0.3, -0.25) is 19.9 Å². The Hall–Kier alpha value is -6.40. The predicted octanol–water partition coefficient (Wildman–Crippen LogP) is 7.28. The minimum absolute atomic E-state index is 0. The SMILES string of the molecule is O=[N+]([O-])[O-].O=[N+]([O-])[O-].Oc1cccc2cccnc12.Oc1cccc2cccnc12.Oc1cccc2cccnc12.Oc1cccc2cccnc12.[Ag+].[Ag+]. The topological polar surface area (TPSA) is 265 Å². The maximum Gasteiger partial charge on any atom is 1.00 e. The summed E-state index contributed by atoms with van der Waals surface area (Å²) in [5, 5.41) is 70.6. The molecule has 0 atom stereocenters. The van der Waals surface area contributed by atoms with Crippen molar-refractivity contribution in [2.24, 2.45) is 0 Å². The van der Waals surface area contributed by atoms with E-state index in [1.165, 1.54) is 0 Å². The summed E-state index contributed by atoms with van der Waals surface area (Å²) in [5.41, 5.74) is 2.65. The molecule has 4 aromatic carbocycles. The van der Waals surface area contributed by atoms with E-state index in [1.54, 1.807) is 73.3 Å². The number of nitrogens with zero attached hydrogens (tertiary/aromatic N) is 6. The first-order valence-electron chi connectivity index (χ1n) is 14.7. The monoisotopic (exact) mass is 918 g/mol. The molecule has 8 aromatic rings. The van der Waals surface area contributed by atoms with Crippen molar-refractivity contribution in [2.75, 3.05) is 0 Å². The third-order valence-electron chi connectivity index (χ3n) is 6.45. The standard InChI is InChI=1S/4C9H7NO.2Ag.2NO3/c4*11-8-5-1-3-7-4-2-6-10-9(7)8;;;2*2-1(3)4/h4*1-6,11H;;;;/q;;;;2*+1;2*-1. The van der Waals surface area contributed by atoms with Crippen molar-refractivity contribution in [3.63, 3.8) is 0 Å². The second-order valence-electron chi connectivity index (χ2n) is 9.86. The maximum absolute atomic E-state index is 9.31. The first-order valence-corrected chi connectivity index (χ1v) is 14.7. The minimum Gasteiger partial charge on any atom is -0.506 e. The molecule has 0 aliphatic carbocycles. The first-order chi connectivity index (χ1) is 25.0. The molecule has 0 radical (unpaired) electrons. The van der Waals surface area contributed by atoms with E-state index in [9.17, 15) is 20.4 Å². The Balaban J connectivity index is 0.000000334. The van der Waals surface area contributed by atoms with Crippen molar-refractivity contribution in [3.05, 3.63) is 177 Å². The molecule has 16 nitrogen and oxygen atoms in total. The molecule has 0 amide bonds. The van der Waals surface area contributed by atoms with Gasteiger partial charge < -0.3 is 51.1 Å². The van der Waals surface area contributed by atoms with E-state index in [1.807, 2.05) is 72.8 Å². The molecule has 0 saturated carbocycles. The Morgan fingerprint density at radius 3 is 0.685 bits per heavy atom. The number of hydrogen-bond donors (Lipinski definition) is 4. The van der Waals surface area contributed by atoms with E-state index < -0.39 is 10.2 Å². The Kier molecular flexibility index (Phi) is 20.2. The summed E-state index contributed by atoms with van der Waals surface area (Å²) < 4.78 is 0. The average Bonchev–Trinajstić information content (AvgIpc) is 3.13. The van der Waals surface area contributed by atoms with Gasteiger partial charge in [-0.25, -0.2) is 0 Å². The van der Waals surface area contributed by atoms with Gasteiger partial charge in [0.25, 0.3) is 0 Å². The molecule has 0 aliphatic heterocycles. The zero-order chi connectivity index (χ0) is 37.9. The maximum atomic E-state index is 9.31. The van der Waals surface area contributed by atoms with Crippen LogP contribution in [-0.2, 0) is 44.8 Å². The minimum atomic E-state index is -1.75. The van der Waals surface area contributed by atoms with Crippen LogP contribution in [0.2, 0.25) is 0 Å². The Bertz CT molecular complexity index is 2040. The fraction of sp³-hybridized carbons (Fsp3) is 0. The predicted molar refractivity (Wildman–Crippen MR) is 194 cm³/mol. The molecule has 4 N–H and O–H groups in total. The van der Waals surface area contributed by atoms with Crippen LogP contribution in [0, 0.1) is 30.6 Å². The largest absolute Gasteiger partial charge is 1.00 e. The molecule has 4 aromatic heterocycles. The van der Waals surface area contributed by atoms with Gasteiger partial charge in [0.05, 0.1) is 10.2 Å². The van der Waals surface area contributed by atoms with Crippen LogP contribution >= 0.6 is 0 Å². The zero-order valence-corrected chi connectivity index (χ0v) is 30.3. The van der Waals surface area contributed by atoms with Crippen LogP contribution in [0.4, 0.5) is 0 Å². The van der Waals surface area contributed by atoms with Crippen molar-refractivity contribution >= 4 is 43.6 Å². The van der Waals surface area contributed by atoms with Gasteiger partial charge in [-0.2, -0.15) is 0 Å². The van der Waals surface area contributed by atoms with Crippen LogP contribution in [0.3, 0.4) is 0 Å². The van der Waals surface area contributed by atoms with Crippen molar-refractivity contribution in [3.8, 4) is 23.0 Å². The third kappa shape index (κ3) is 15.1. The van der Waals surface area contributed by atoms with Crippen LogP contribution in [-0.4, -0.2) is 50.5 Å². The van der Waals surface area contributed by atoms with Gasteiger partial charge in [0.1, 0.15) is 45.1 Å². The van der Waals surface area contributed by atoms with E-state index >= 15 is 0 Å². The molecule has 284 valence electrons. The second-order valence-corrected chi connectivity index (χ2v) is 9.86. The number of aromatic nitrogens is 4. The third-order valence-corrected chi connectivity index (χ3v) is 6.45. The van der Waals surface area contributed by atoms with E-state index in [0.717, 1.165) is 21.5 Å². The molecule has 0 bridgehead atoms. The molecule has 8 rings (SSSR count). The van der Waals surface area contributed by atoms with Gasteiger partial charge >= 0.3 is 44.8 Å². The van der Waals surface area contributed by atoms with Crippen molar-refractivity contribution in [1.29, 1.82) is 0 Å². The summed E-state index contributed by atoms with van der Waals surface area (Å²) in [6.45, 7) is 0. The van der Waals surface area contributed by atoms with E-state index in [2.05, 4.69) is 19.9 Å². The molecule has 0 spiro atoms. The Morgan fingerprint density at radius 2 is 0.519 bits per heavy atom. The number of fused-ring (bicyclic) bond motifs is 4. The number of aromatic hydroxyl groups is 4. The molecule has 0 unspecified atom stereocenters. The van der Waals surface area contributed by atoms with Crippen LogP contribution in [0.15, 0.2) is 146 Å². The zero-order valence-electron chi connectivity index (χ0n) is 27.4. The Labute approximate surface area is 336 Å². The summed E-state index contributed by atoms with van der Waals surface area (Å²) >= 11 is 0. The quantitative estimate of drug-likeness (QED) is 0.0662. The van der Waals surface area contributed by atoms with Gasteiger partial charge in [0.2, 0.25) is 0 Å². The van der Waals surface area contributed by atoms with Gasteiger partial charge in [-0.05, 0) is 48.5 Å². The molecular weight excluding hydrogens is 892 g/mol. The fourth-order valence-corrected chi connectivity index (χ4v) is 4.35. The van der Waals surface area contributed by atoms with Gasteiger partial charge in [0.15, 0.2) is 0 Å². The number of phenols is 4. The number of pyridine rings is 4. The molecule has 4 heterocycles. The number of hydrogen-bond acceptors (Lipinski definition) is 14. The summed E-state index contributed by atoms with van der Waals surface area (Å²) in [5.74, 6) is 0.956. The number of rotatable bonds is 0. The molecular formula is C36H28Ag2N6O10. The average molecular weight is 920 g/mol. The van der Waals surface area contributed by atoms with Crippen LogP contribution in [0.1, 0.15) is 0 Å². The summed E-state index contributed by atoms with van der Waals surface area (Å²) in [4.78, 5) is 32.6. The Morgan fingerprint density at radius 1 is 0.352 bits per heavy atom. The van der Waals surface area contributed by atoms with E-state index in [-0.39, 0.29) is 67.8 Å². The molecule has 18 heteroatoms. The van der Waals surface area contributed by atoms with Crippen molar-refractivity contribution in [1.82, 2.24) is 19.9 Å². The first kappa shape index (κ1) is 45.6. The number of para-hydroxylation sites is 4. The molecule has 0 saturated heterocycles. The fourth-order valence-electron chi connectivity index (χ4n) is 4.35. The van der Waals surface area contributed by atoms with Gasteiger partial charge in [-0.15, -0.1) is 0 Å². The molecule has 0 aliphatic rings. The van der Waals surface area contributed by atoms with E-state index in [4.69, 9.17) is 30.6 Å². The molecule has 54 heavy (non-hydrogen) atoms. The van der Waals surface area contributed by atoms with Crippen molar-refractivity contribution in [2.45, 2.75) is 0 Å². The summed E-state index contributed by atoms with van der Waals surface area (Å²) in [6, 6.07) is 36.5. The second kappa shape index (κ2) is 24.0. The smallest absolute Gasteiger partial charge is 0.506 e. The van der Waals surface area contributed by atoms with Gasteiger partial charge in [-0.1, -0.05) is 72.8 Å². The van der Waals surface area contributed by atoms with Crippen LogP contribution < -0.4 is 0 Å². The molecule has 0 fully saturated rings. The van der Waals surface area contributed by atoms with Crippen LogP contribution in [0.5, 0.6) is 23.0 Å². The number of phenolic OH excluding ortho intramolecular Hbond substituents is 4. The summed E-state index contributed by atoms with van der Waals surface area (Å²) in [6.07, 6.45) is 6.67. The van der Waals surface area contributed by atoms with Gasteiger partial charge in [0, 0.05) is 46.3 Å². The van der Waals surface area contributed by atoms with Crippen LogP contribution in [0.25, 0.3) is 43.6 Å². The van der Waals surface area contributed by atoms with E-state index in [0.29, 0.717) is 22.1 Å². The normalized spacial score (nSPS) is 9.19. The number of benzene rings is 4. The summed E-state index contributed by atoms with van der Waals surface area (Å²) in [7, 11) is 0.